The van der Waals surface area contributed by atoms with E-state index in [2.05, 4.69) is 20.6 Å². The number of thioether (sulfide) groups is 1. The second-order valence-corrected chi connectivity index (χ2v) is 5.30. The molecule has 2 aromatic heterocycles. The molecule has 0 aliphatic carbocycles. The fourth-order valence-electron chi connectivity index (χ4n) is 2.03. The van der Waals surface area contributed by atoms with Gasteiger partial charge in [0.15, 0.2) is 0 Å². The summed E-state index contributed by atoms with van der Waals surface area (Å²) in [6, 6.07) is 7.40. The van der Waals surface area contributed by atoms with Gasteiger partial charge in [-0.05, 0) is 28.8 Å². The molecule has 1 aromatic carbocycles. The molecular weight excluding hydrogens is 304 g/mol. The highest BCUT2D eigenvalue weighted by Crippen LogP contribution is 2.26. The Morgan fingerprint density at radius 3 is 2.82 bits per heavy atom. The number of hydrogen-bond acceptors (Lipinski definition) is 6. The van der Waals surface area contributed by atoms with Gasteiger partial charge in [0, 0.05) is 29.8 Å². The molecule has 8 nitrogen and oxygen atoms in total. The number of ether oxygens (including phenoxy) is 1. The van der Waals surface area contributed by atoms with E-state index in [4.69, 9.17) is 4.74 Å². The van der Waals surface area contributed by atoms with Gasteiger partial charge in [-0.3, -0.25) is 5.10 Å². The van der Waals surface area contributed by atoms with Crippen molar-refractivity contribution in [3.05, 3.63) is 46.5 Å². The molecular formula is C13H14N6O2S. The Hall–Kier alpha value is -2.55. The number of nitrogens with zero attached hydrogens (tertiary/aromatic N) is 5. The first-order chi connectivity index (χ1) is 10.7. The summed E-state index contributed by atoms with van der Waals surface area (Å²) in [5, 5.41) is 14.3. The third kappa shape index (κ3) is 2.62. The van der Waals surface area contributed by atoms with E-state index < -0.39 is 0 Å². The highest BCUT2D eigenvalue weighted by atomic mass is 32.2. The lowest BCUT2D eigenvalue weighted by Crippen LogP contribution is -2.23. The highest BCUT2D eigenvalue weighted by molar-refractivity contribution is 7.98. The van der Waals surface area contributed by atoms with E-state index in [1.54, 1.807) is 31.1 Å². The van der Waals surface area contributed by atoms with Crippen molar-refractivity contribution in [2.24, 2.45) is 7.05 Å². The largest absolute Gasteiger partial charge is 0.472 e. The van der Waals surface area contributed by atoms with Crippen LogP contribution in [0.15, 0.2) is 40.2 Å². The van der Waals surface area contributed by atoms with Crippen molar-refractivity contribution >= 4 is 11.8 Å². The first kappa shape index (κ1) is 14.4. The van der Waals surface area contributed by atoms with Crippen LogP contribution in [0.2, 0.25) is 0 Å². The molecule has 1 N–H and O–H groups in total. The highest BCUT2D eigenvalue weighted by Gasteiger charge is 2.15. The van der Waals surface area contributed by atoms with Gasteiger partial charge in [0.1, 0.15) is 6.61 Å². The summed E-state index contributed by atoms with van der Waals surface area (Å²) in [5.41, 5.74) is 1.21. The summed E-state index contributed by atoms with van der Waals surface area (Å²) in [7, 11) is 1.56. The lowest BCUT2D eigenvalue weighted by atomic mass is 10.2. The summed E-state index contributed by atoms with van der Waals surface area (Å²) < 4.78 is 8.11. The van der Waals surface area contributed by atoms with Crippen LogP contribution in [-0.2, 0) is 13.7 Å². The fourth-order valence-corrected chi connectivity index (χ4v) is 2.65. The van der Waals surface area contributed by atoms with Gasteiger partial charge in [-0.1, -0.05) is 6.07 Å². The molecule has 0 bridgehead atoms. The lowest BCUT2D eigenvalue weighted by Gasteiger charge is -2.12. The van der Waals surface area contributed by atoms with E-state index >= 15 is 0 Å². The number of H-pyrrole nitrogens is 1. The molecule has 0 amide bonds. The van der Waals surface area contributed by atoms with Crippen molar-refractivity contribution in [2.75, 3.05) is 6.26 Å². The lowest BCUT2D eigenvalue weighted by molar-refractivity contribution is 0.290. The molecule has 0 radical (unpaired) electrons. The number of hydrogen-bond donors (Lipinski definition) is 1. The second kappa shape index (κ2) is 6.06. The van der Waals surface area contributed by atoms with Crippen LogP contribution in [0.25, 0.3) is 5.69 Å². The van der Waals surface area contributed by atoms with Crippen LogP contribution in [0.3, 0.4) is 0 Å². The molecule has 0 aliphatic rings. The van der Waals surface area contributed by atoms with Crippen molar-refractivity contribution in [2.45, 2.75) is 11.5 Å². The third-order valence-corrected chi connectivity index (χ3v) is 3.94. The van der Waals surface area contributed by atoms with E-state index in [1.807, 2.05) is 24.5 Å². The molecule has 0 unspecified atom stereocenters. The number of benzene rings is 1. The van der Waals surface area contributed by atoms with Gasteiger partial charge in [0.2, 0.25) is 5.88 Å². The fraction of sp³-hybridized carbons (Fsp3) is 0.231. The van der Waals surface area contributed by atoms with Crippen LogP contribution in [0.5, 0.6) is 5.88 Å². The summed E-state index contributed by atoms with van der Waals surface area (Å²) in [4.78, 5) is 13.1. The molecule has 3 aromatic rings. The molecule has 0 spiro atoms. The first-order valence-corrected chi connectivity index (χ1v) is 7.71. The Morgan fingerprint density at radius 2 is 2.18 bits per heavy atom. The molecule has 0 aliphatic heterocycles. The monoisotopic (exact) mass is 318 g/mol. The number of aromatic nitrogens is 6. The zero-order valence-corrected chi connectivity index (χ0v) is 12.9. The van der Waals surface area contributed by atoms with E-state index in [9.17, 15) is 4.79 Å². The Morgan fingerprint density at radius 1 is 1.32 bits per heavy atom. The standard InChI is InChI=1S/C13H14N6O2S/c1-18-13(20)19(17-16-18)10-4-3-5-11(22-2)9(10)8-21-12-6-7-14-15-12/h3-7H,8H2,1-2H3,(H,14,15). The molecule has 0 saturated carbocycles. The topological polar surface area (TPSA) is 90.6 Å². The van der Waals surface area contributed by atoms with Gasteiger partial charge in [-0.15, -0.1) is 16.9 Å². The molecule has 3 rings (SSSR count). The van der Waals surface area contributed by atoms with Crippen molar-refractivity contribution in [1.82, 2.24) is 30.0 Å². The van der Waals surface area contributed by atoms with E-state index in [-0.39, 0.29) is 12.3 Å². The quantitative estimate of drug-likeness (QED) is 0.706. The first-order valence-electron chi connectivity index (χ1n) is 6.48. The zero-order valence-electron chi connectivity index (χ0n) is 12.1. The molecule has 0 saturated heterocycles. The Balaban J connectivity index is 2.02. The number of rotatable bonds is 5. The number of aromatic amines is 1. The van der Waals surface area contributed by atoms with Crippen molar-refractivity contribution in [3.63, 3.8) is 0 Å². The van der Waals surface area contributed by atoms with Crippen molar-refractivity contribution in [1.29, 1.82) is 0 Å². The van der Waals surface area contributed by atoms with Gasteiger partial charge >= 0.3 is 5.69 Å². The SMILES string of the molecule is CSc1cccc(-n2nnn(C)c2=O)c1COc1cc[nH]n1. The van der Waals surface area contributed by atoms with Crippen LogP contribution >= 0.6 is 11.8 Å². The molecule has 22 heavy (non-hydrogen) atoms. The van der Waals surface area contributed by atoms with Crippen LogP contribution in [0, 0.1) is 0 Å². The second-order valence-electron chi connectivity index (χ2n) is 4.46. The number of nitrogens with one attached hydrogen (secondary N) is 1. The summed E-state index contributed by atoms with van der Waals surface area (Å²) >= 11 is 1.58. The van der Waals surface area contributed by atoms with Crippen molar-refractivity contribution in [3.8, 4) is 11.6 Å². The number of aryl methyl sites for hydroxylation is 1. The van der Waals surface area contributed by atoms with Gasteiger partial charge in [0.05, 0.1) is 5.69 Å². The number of tetrazole rings is 1. The third-order valence-electron chi connectivity index (χ3n) is 3.12. The molecule has 0 fully saturated rings. The minimum atomic E-state index is -0.306. The van der Waals surface area contributed by atoms with Gasteiger partial charge in [0.25, 0.3) is 0 Å². The van der Waals surface area contributed by atoms with Crippen LogP contribution in [0.4, 0.5) is 0 Å². The maximum absolute atomic E-state index is 12.1. The molecule has 114 valence electrons. The van der Waals surface area contributed by atoms with Crippen LogP contribution < -0.4 is 10.4 Å². The van der Waals surface area contributed by atoms with Crippen molar-refractivity contribution < 1.29 is 4.74 Å². The van der Waals surface area contributed by atoms with E-state index in [1.165, 1.54) is 9.36 Å². The predicted octanol–water partition coefficient (Wildman–Crippen LogP) is 0.990. The van der Waals surface area contributed by atoms with Gasteiger partial charge < -0.3 is 4.74 Å². The molecule has 9 heteroatoms. The Kier molecular flexibility index (Phi) is 3.96. The Labute approximate surface area is 130 Å². The normalized spacial score (nSPS) is 10.8. The van der Waals surface area contributed by atoms with Crippen LogP contribution in [0.1, 0.15) is 5.56 Å². The van der Waals surface area contributed by atoms with Gasteiger partial charge in [-0.25, -0.2) is 4.79 Å². The van der Waals surface area contributed by atoms with E-state index in [0.717, 1.165) is 10.5 Å². The maximum atomic E-state index is 12.1. The van der Waals surface area contributed by atoms with Gasteiger partial charge in [-0.2, -0.15) is 9.36 Å². The Bertz CT molecular complexity index is 823. The van der Waals surface area contributed by atoms with E-state index in [0.29, 0.717) is 11.6 Å². The molecule has 0 atom stereocenters. The van der Waals surface area contributed by atoms with Crippen LogP contribution in [-0.4, -0.2) is 36.2 Å². The summed E-state index contributed by atoms with van der Waals surface area (Å²) in [6.45, 7) is 0.278. The minimum absolute atomic E-state index is 0.278. The predicted molar refractivity (Wildman–Crippen MR) is 81.3 cm³/mol. The minimum Gasteiger partial charge on any atom is -0.472 e. The zero-order chi connectivity index (χ0) is 15.5. The molecule has 2 heterocycles. The summed E-state index contributed by atoms with van der Waals surface area (Å²) in [6.07, 6.45) is 3.65. The average Bonchev–Trinajstić information content (AvgIpc) is 3.16. The maximum Gasteiger partial charge on any atom is 0.368 e. The smallest absolute Gasteiger partial charge is 0.368 e. The average molecular weight is 318 g/mol. The summed E-state index contributed by atoms with van der Waals surface area (Å²) in [5.74, 6) is 0.494.